The molecule has 1 aliphatic heterocycles. The van der Waals surface area contributed by atoms with Crippen LogP contribution < -0.4 is 10.6 Å². The standard InChI is InChI=1S/C16H16ClN3/c17-14-8-6-13(7-9-14)15(12-4-2-1-3-5-12)20-16-18-10-11-19-16/h1-9,15H,10-11H2,(H2,18,19,20). The number of halogens is 1. The van der Waals surface area contributed by atoms with Gasteiger partial charge in [-0.15, -0.1) is 0 Å². The van der Waals surface area contributed by atoms with Gasteiger partial charge in [-0.05, 0) is 23.3 Å². The maximum Gasteiger partial charge on any atom is 0.192 e. The lowest BCUT2D eigenvalue weighted by Gasteiger charge is -2.21. The van der Waals surface area contributed by atoms with Crippen LogP contribution >= 0.6 is 11.6 Å². The van der Waals surface area contributed by atoms with E-state index in [1.807, 2.05) is 42.5 Å². The third kappa shape index (κ3) is 2.94. The van der Waals surface area contributed by atoms with Crippen LogP contribution in [0.1, 0.15) is 17.2 Å². The van der Waals surface area contributed by atoms with Gasteiger partial charge in [0.05, 0.1) is 12.6 Å². The zero-order valence-corrected chi connectivity index (χ0v) is 11.8. The molecule has 2 aromatic carbocycles. The first-order chi connectivity index (χ1) is 9.83. The predicted octanol–water partition coefficient (Wildman–Crippen LogP) is 2.98. The fourth-order valence-electron chi connectivity index (χ4n) is 2.29. The summed E-state index contributed by atoms with van der Waals surface area (Å²) in [5.74, 6) is 0.855. The SMILES string of the molecule is Clc1ccc(C(NC2=NCCN2)c2ccccc2)cc1. The van der Waals surface area contributed by atoms with Crippen molar-refractivity contribution in [2.75, 3.05) is 13.1 Å². The van der Waals surface area contributed by atoms with E-state index in [-0.39, 0.29) is 6.04 Å². The first-order valence-electron chi connectivity index (χ1n) is 6.68. The first kappa shape index (κ1) is 13.0. The van der Waals surface area contributed by atoms with Crippen LogP contribution in [0.5, 0.6) is 0 Å². The van der Waals surface area contributed by atoms with Gasteiger partial charge in [0.1, 0.15) is 0 Å². The van der Waals surface area contributed by atoms with Crippen molar-refractivity contribution in [2.45, 2.75) is 6.04 Å². The topological polar surface area (TPSA) is 36.4 Å². The summed E-state index contributed by atoms with van der Waals surface area (Å²) in [7, 11) is 0. The monoisotopic (exact) mass is 285 g/mol. The highest BCUT2D eigenvalue weighted by molar-refractivity contribution is 6.30. The van der Waals surface area contributed by atoms with Crippen molar-refractivity contribution in [1.82, 2.24) is 10.6 Å². The van der Waals surface area contributed by atoms with E-state index in [9.17, 15) is 0 Å². The van der Waals surface area contributed by atoms with Gasteiger partial charge < -0.3 is 10.6 Å². The highest BCUT2D eigenvalue weighted by Crippen LogP contribution is 2.23. The van der Waals surface area contributed by atoms with Gasteiger partial charge in [-0.1, -0.05) is 54.1 Å². The third-order valence-electron chi connectivity index (χ3n) is 3.29. The molecule has 0 saturated carbocycles. The molecule has 0 saturated heterocycles. The molecule has 0 fully saturated rings. The van der Waals surface area contributed by atoms with E-state index in [4.69, 9.17) is 11.6 Å². The summed E-state index contributed by atoms with van der Waals surface area (Å²) in [5, 5.41) is 7.46. The average Bonchev–Trinajstić information content (AvgIpc) is 3.00. The number of aliphatic imine (C=N–C) groups is 1. The van der Waals surface area contributed by atoms with Crippen LogP contribution in [0.2, 0.25) is 5.02 Å². The molecular formula is C16H16ClN3. The summed E-state index contributed by atoms with van der Waals surface area (Å²) in [6, 6.07) is 18.3. The summed E-state index contributed by atoms with van der Waals surface area (Å²) in [6.45, 7) is 1.72. The predicted molar refractivity (Wildman–Crippen MR) is 83.2 cm³/mol. The maximum atomic E-state index is 5.98. The largest absolute Gasteiger partial charge is 0.355 e. The molecule has 1 atom stereocenters. The van der Waals surface area contributed by atoms with Gasteiger partial charge in [0.2, 0.25) is 0 Å². The summed E-state index contributed by atoms with van der Waals surface area (Å²) < 4.78 is 0. The molecule has 102 valence electrons. The summed E-state index contributed by atoms with van der Waals surface area (Å²) in [4.78, 5) is 4.41. The van der Waals surface area contributed by atoms with Gasteiger partial charge in [0.15, 0.2) is 5.96 Å². The van der Waals surface area contributed by atoms with Gasteiger partial charge in [-0.25, -0.2) is 0 Å². The number of rotatable bonds is 3. The van der Waals surface area contributed by atoms with Gasteiger partial charge in [-0.3, -0.25) is 4.99 Å². The van der Waals surface area contributed by atoms with Gasteiger partial charge >= 0.3 is 0 Å². The van der Waals surface area contributed by atoms with Crippen LogP contribution in [0.4, 0.5) is 0 Å². The molecule has 0 radical (unpaired) electrons. The van der Waals surface area contributed by atoms with Gasteiger partial charge in [-0.2, -0.15) is 0 Å². The van der Waals surface area contributed by atoms with E-state index < -0.39 is 0 Å². The summed E-state index contributed by atoms with van der Waals surface area (Å²) in [5.41, 5.74) is 2.36. The Morgan fingerprint density at radius 3 is 2.35 bits per heavy atom. The van der Waals surface area contributed by atoms with Crippen LogP contribution in [-0.2, 0) is 0 Å². The molecule has 0 aliphatic carbocycles. The number of nitrogens with one attached hydrogen (secondary N) is 2. The highest BCUT2D eigenvalue weighted by atomic mass is 35.5. The lowest BCUT2D eigenvalue weighted by Crippen LogP contribution is -2.37. The maximum absolute atomic E-state index is 5.98. The van der Waals surface area contributed by atoms with E-state index >= 15 is 0 Å². The van der Waals surface area contributed by atoms with E-state index in [0.29, 0.717) is 0 Å². The quantitative estimate of drug-likeness (QED) is 0.910. The number of hydrogen-bond acceptors (Lipinski definition) is 3. The smallest absolute Gasteiger partial charge is 0.192 e. The molecule has 1 heterocycles. The Morgan fingerprint density at radius 1 is 1.00 bits per heavy atom. The number of nitrogens with zero attached hydrogens (tertiary/aromatic N) is 1. The Labute approximate surface area is 123 Å². The fraction of sp³-hybridized carbons (Fsp3) is 0.188. The van der Waals surface area contributed by atoms with Gasteiger partial charge in [0, 0.05) is 11.6 Å². The minimum absolute atomic E-state index is 0.0674. The van der Waals surface area contributed by atoms with Crippen molar-refractivity contribution in [1.29, 1.82) is 0 Å². The molecule has 3 nitrogen and oxygen atoms in total. The number of benzene rings is 2. The molecule has 20 heavy (non-hydrogen) atoms. The number of hydrogen-bond donors (Lipinski definition) is 2. The van der Waals surface area contributed by atoms with Crippen LogP contribution in [0, 0.1) is 0 Å². The zero-order chi connectivity index (χ0) is 13.8. The molecule has 2 aromatic rings. The molecule has 0 bridgehead atoms. The van der Waals surface area contributed by atoms with E-state index in [1.165, 1.54) is 5.56 Å². The molecular weight excluding hydrogens is 270 g/mol. The third-order valence-corrected chi connectivity index (χ3v) is 3.54. The Morgan fingerprint density at radius 2 is 1.70 bits per heavy atom. The lowest BCUT2D eigenvalue weighted by molar-refractivity contribution is 0.744. The van der Waals surface area contributed by atoms with Crippen molar-refractivity contribution in [2.24, 2.45) is 4.99 Å². The van der Waals surface area contributed by atoms with Gasteiger partial charge in [0.25, 0.3) is 0 Å². The minimum Gasteiger partial charge on any atom is -0.355 e. The summed E-state index contributed by atoms with van der Waals surface area (Å²) in [6.07, 6.45) is 0. The Hall–Kier alpha value is -2.00. The molecule has 2 N–H and O–H groups in total. The summed E-state index contributed by atoms with van der Waals surface area (Å²) >= 11 is 5.98. The fourth-order valence-corrected chi connectivity index (χ4v) is 2.42. The van der Waals surface area contributed by atoms with Crippen LogP contribution in [0.25, 0.3) is 0 Å². The van der Waals surface area contributed by atoms with Crippen molar-refractivity contribution in [3.05, 3.63) is 70.7 Å². The van der Waals surface area contributed by atoms with Crippen molar-refractivity contribution in [3.63, 3.8) is 0 Å². The molecule has 1 unspecified atom stereocenters. The van der Waals surface area contributed by atoms with Crippen LogP contribution in [0.15, 0.2) is 59.6 Å². The molecule has 3 rings (SSSR count). The Bertz CT molecular complexity index is 593. The van der Waals surface area contributed by atoms with Crippen molar-refractivity contribution in [3.8, 4) is 0 Å². The molecule has 4 heteroatoms. The highest BCUT2D eigenvalue weighted by Gasteiger charge is 2.16. The number of guanidine groups is 1. The van der Waals surface area contributed by atoms with Crippen LogP contribution in [0.3, 0.4) is 0 Å². The molecule has 1 aliphatic rings. The van der Waals surface area contributed by atoms with Crippen molar-refractivity contribution < 1.29 is 0 Å². The molecule has 0 spiro atoms. The minimum atomic E-state index is 0.0674. The van der Waals surface area contributed by atoms with E-state index in [1.54, 1.807) is 0 Å². The van der Waals surface area contributed by atoms with E-state index in [2.05, 4.69) is 27.8 Å². The first-order valence-corrected chi connectivity index (χ1v) is 7.06. The second kappa shape index (κ2) is 5.97. The van der Waals surface area contributed by atoms with Crippen LogP contribution in [-0.4, -0.2) is 19.0 Å². The van der Waals surface area contributed by atoms with Crippen molar-refractivity contribution >= 4 is 17.6 Å². The lowest BCUT2D eigenvalue weighted by atomic mass is 9.99. The van der Waals surface area contributed by atoms with E-state index in [0.717, 1.165) is 29.6 Å². The second-order valence-electron chi connectivity index (χ2n) is 4.70. The normalized spacial score (nSPS) is 15.3. The Balaban J connectivity index is 1.92. The average molecular weight is 286 g/mol. The molecule has 0 aromatic heterocycles. The molecule has 0 amide bonds. The Kier molecular flexibility index (Phi) is 3.88. The zero-order valence-electron chi connectivity index (χ0n) is 11.0. The second-order valence-corrected chi connectivity index (χ2v) is 5.13.